The van der Waals surface area contributed by atoms with Crippen LogP contribution >= 0.6 is 11.6 Å². The van der Waals surface area contributed by atoms with Crippen molar-refractivity contribution in [1.29, 1.82) is 0 Å². The van der Waals surface area contributed by atoms with Crippen molar-refractivity contribution < 1.29 is 4.42 Å². The summed E-state index contributed by atoms with van der Waals surface area (Å²) in [5, 5.41) is 8.57. The molecule has 0 radical (unpaired) electrons. The molecule has 1 heterocycles. The van der Waals surface area contributed by atoms with Crippen LogP contribution < -0.4 is 5.73 Å². The van der Waals surface area contributed by atoms with Gasteiger partial charge in [-0.25, -0.2) is 0 Å². The summed E-state index contributed by atoms with van der Waals surface area (Å²) in [7, 11) is 0. The lowest BCUT2D eigenvalue weighted by atomic mass is 10.2. The topological polar surface area (TPSA) is 64.9 Å². The van der Waals surface area contributed by atoms with Crippen LogP contribution in [0.1, 0.15) is 24.7 Å². The molecule has 0 amide bonds. The lowest BCUT2D eigenvalue weighted by Gasteiger charge is -1.99. The molecule has 3 rings (SSSR count). The smallest absolute Gasteiger partial charge is 0.249 e. The highest BCUT2D eigenvalue weighted by Gasteiger charge is 2.29. The molecule has 0 aliphatic heterocycles. The summed E-state index contributed by atoms with van der Waals surface area (Å²) >= 11 is 6.05. The number of nitrogens with two attached hydrogens (primary N) is 1. The Balaban J connectivity index is 2.03. The van der Waals surface area contributed by atoms with Gasteiger partial charge in [0, 0.05) is 11.6 Å². The van der Waals surface area contributed by atoms with E-state index in [1.807, 2.05) is 0 Å². The number of hydrogen-bond acceptors (Lipinski definition) is 4. The lowest BCUT2D eigenvalue weighted by molar-refractivity contribution is 0.508. The summed E-state index contributed by atoms with van der Waals surface area (Å²) in [5.74, 6) is 1.59. The summed E-state index contributed by atoms with van der Waals surface area (Å²) in [6.07, 6.45) is 2.26. The highest BCUT2D eigenvalue weighted by molar-refractivity contribution is 6.33. The molecule has 5 heteroatoms. The number of nitrogens with zero attached hydrogens (tertiary/aromatic N) is 2. The number of hydrogen-bond donors (Lipinski definition) is 1. The van der Waals surface area contributed by atoms with Crippen LogP contribution in [0.3, 0.4) is 0 Å². The average molecular weight is 236 g/mol. The van der Waals surface area contributed by atoms with Crippen LogP contribution in [-0.4, -0.2) is 10.2 Å². The van der Waals surface area contributed by atoms with Gasteiger partial charge in [0.1, 0.15) is 0 Å². The molecule has 1 fully saturated rings. The maximum Gasteiger partial charge on any atom is 0.249 e. The van der Waals surface area contributed by atoms with E-state index in [2.05, 4.69) is 10.2 Å². The maximum atomic E-state index is 6.05. The molecule has 1 saturated carbocycles. The van der Waals surface area contributed by atoms with Gasteiger partial charge in [-0.1, -0.05) is 11.6 Å². The molecular formula is C11H10ClN3O. The molecule has 0 saturated heterocycles. The fourth-order valence-corrected chi connectivity index (χ4v) is 1.74. The minimum atomic E-state index is 0.444. The molecule has 82 valence electrons. The number of halogens is 1. The van der Waals surface area contributed by atoms with Crippen molar-refractivity contribution in [2.45, 2.75) is 18.8 Å². The van der Waals surface area contributed by atoms with Gasteiger partial charge in [0.15, 0.2) is 0 Å². The monoisotopic (exact) mass is 235 g/mol. The highest BCUT2D eigenvalue weighted by Crippen LogP contribution is 2.40. The molecule has 1 aliphatic rings. The van der Waals surface area contributed by atoms with E-state index < -0.39 is 0 Å². The first-order valence-corrected chi connectivity index (χ1v) is 5.50. The van der Waals surface area contributed by atoms with Gasteiger partial charge in [0.05, 0.1) is 10.6 Å². The summed E-state index contributed by atoms with van der Waals surface area (Å²) in [4.78, 5) is 0. The molecule has 4 nitrogen and oxygen atoms in total. The molecule has 1 aromatic heterocycles. The third-order valence-electron chi connectivity index (χ3n) is 2.59. The SMILES string of the molecule is Nc1ccc(Cl)c(-c2nnc(C3CC3)o2)c1. The minimum Gasteiger partial charge on any atom is -0.420 e. The highest BCUT2D eigenvalue weighted by atomic mass is 35.5. The quantitative estimate of drug-likeness (QED) is 0.813. The number of aromatic nitrogens is 2. The van der Waals surface area contributed by atoms with Crippen molar-refractivity contribution in [3.8, 4) is 11.5 Å². The van der Waals surface area contributed by atoms with E-state index in [1.165, 1.54) is 0 Å². The van der Waals surface area contributed by atoms with Gasteiger partial charge in [0.2, 0.25) is 11.8 Å². The van der Waals surface area contributed by atoms with E-state index in [-0.39, 0.29) is 0 Å². The Morgan fingerprint density at radius 2 is 2.12 bits per heavy atom. The van der Waals surface area contributed by atoms with Crippen LogP contribution in [0.25, 0.3) is 11.5 Å². The van der Waals surface area contributed by atoms with E-state index in [0.29, 0.717) is 34.0 Å². The largest absolute Gasteiger partial charge is 0.420 e. The van der Waals surface area contributed by atoms with E-state index in [1.54, 1.807) is 18.2 Å². The maximum absolute atomic E-state index is 6.05. The van der Waals surface area contributed by atoms with Crippen LogP contribution in [0, 0.1) is 0 Å². The molecule has 1 aliphatic carbocycles. The fourth-order valence-electron chi connectivity index (χ4n) is 1.55. The number of anilines is 1. The first kappa shape index (κ1) is 9.66. The van der Waals surface area contributed by atoms with Gasteiger partial charge in [-0.05, 0) is 31.0 Å². The molecule has 2 aromatic rings. The summed E-state index contributed by atoms with van der Waals surface area (Å²) in [6.45, 7) is 0. The van der Waals surface area contributed by atoms with E-state index in [0.717, 1.165) is 12.8 Å². The zero-order chi connectivity index (χ0) is 11.1. The Kier molecular flexibility index (Phi) is 2.11. The first-order chi connectivity index (χ1) is 7.74. The summed E-state index contributed by atoms with van der Waals surface area (Å²) < 4.78 is 5.57. The predicted molar refractivity (Wildman–Crippen MR) is 61.1 cm³/mol. The van der Waals surface area contributed by atoms with Crippen LogP contribution in [-0.2, 0) is 0 Å². The molecular weight excluding hydrogens is 226 g/mol. The summed E-state index contributed by atoms with van der Waals surface area (Å²) in [6, 6.07) is 5.21. The standard InChI is InChI=1S/C11H10ClN3O/c12-9-4-3-7(13)5-8(9)11-15-14-10(16-11)6-1-2-6/h3-6H,1-2,13H2. The Labute approximate surface area is 97.4 Å². The van der Waals surface area contributed by atoms with Gasteiger partial charge in [-0.15, -0.1) is 10.2 Å². The van der Waals surface area contributed by atoms with Gasteiger partial charge in [0.25, 0.3) is 0 Å². The van der Waals surface area contributed by atoms with Crippen molar-refractivity contribution in [1.82, 2.24) is 10.2 Å². The Morgan fingerprint density at radius 1 is 1.31 bits per heavy atom. The molecule has 1 aromatic carbocycles. The van der Waals surface area contributed by atoms with Gasteiger partial charge >= 0.3 is 0 Å². The second kappa shape index (κ2) is 3.49. The van der Waals surface area contributed by atoms with Crippen LogP contribution in [0.2, 0.25) is 5.02 Å². The fraction of sp³-hybridized carbons (Fsp3) is 0.273. The third-order valence-corrected chi connectivity index (χ3v) is 2.92. The normalized spacial score (nSPS) is 15.3. The Hall–Kier alpha value is -1.55. The van der Waals surface area contributed by atoms with Crippen molar-refractivity contribution in [3.05, 3.63) is 29.1 Å². The summed E-state index contributed by atoms with van der Waals surface area (Å²) in [5.41, 5.74) is 7.02. The van der Waals surface area contributed by atoms with Crippen LogP contribution in [0.4, 0.5) is 5.69 Å². The van der Waals surface area contributed by atoms with Crippen molar-refractivity contribution in [2.75, 3.05) is 5.73 Å². The van der Waals surface area contributed by atoms with Crippen molar-refractivity contribution in [3.63, 3.8) is 0 Å². The van der Waals surface area contributed by atoms with Gasteiger partial charge in [-0.3, -0.25) is 0 Å². The number of benzene rings is 1. The zero-order valence-electron chi connectivity index (χ0n) is 8.48. The molecule has 0 unspecified atom stereocenters. The molecule has 16 heavy (non-hydrogen) atoms. The lowest BCUT2D eigenvalue weighted by Crippen LogP contribution is -1.86. The van der Waals surface area contributed by atoms with Gasteiger partial charge in [-0.2, -0.15) is 0 Å². The number of rotatable bonds is 2. The van der Waals surface area contributed by atoms with Crippen molar-refractivity contribution >= 4 is 17.3 Å². The second-order valence-corrected chi connectivity index (χ2v) is 4.37. The van der Waals surface area contributed by atoms with E-state index in [4.69, 9.17) is 21.8 Å². The average Bonchev–Trinajstić information content (AvgIpc) is 3.01. The third kappa shape index (κ3) is 1.65. The first-order valence-electron chi connectivity index (χ1n) is 5.13. The van der Waals surface area contributed by atoms with E-state index >= 15 is 0 Å². The molecule has 0 spiro atoms. The molecule has 2 N–H and O–H groups in total. The Bertz CT molecular complexity index is 534. The zero-order valence-corrected chi connectivity index (χ0v) is 9.24. The second-order valence-electron chi connectivity index (χ2n) is 3.96. The van der Waals surface area contributed by atoms with Gasteiger partial charge < -0.3 is 10.2 Å². The predicted octanol–water partition coefficient (Wildman–Crippen LogP) is 2.85. The Morgan fingerprint density at radius 3 is 2.88 bits per heavy atom. The molecule has 0 atom stereocenters. The van der Waals surface area contributed by atoms with Crippen LogP contribution in [0.5, 0.6) is 0 Å². The molecule has 0 bridgehead atoms. The van der Waals surface area contributed by atoms with Crippen molar-refractivity contribution in [2.24, 2.45) is 0 Å². The van der Waals surface area contributed by atoms with Crippen LogP contribution in [0.15, 0.2) is 22.6 Å². The minimum absolute atomic E-state index is 0.444. The number of nitrogen functional groups attached to an aromatic ring is 1. The van der Waals surface area contributed by atoms with E-state index in [9.17, 15) is 0 Å².